The second-order valence-electron chi connectivity index (χ2n) is 4.19. The third kappa shape index (κ3) is 2.39. The van der Waals surface area contributed by atoms with Crippen LogP contribution in [0, 0.1) is 0 Å². The molecule has 19 heavy (non-hydrogen) atoms. The smallest absolute Gasteiger partial charge is 0.408 e. The van der Waals surface area contributed by atoms with Crippen LogP contribution in [0.25, 0.3) is 11.1 Å². The Morgan fingerprint density at radius 1 is 1.11 bits per heavy atom. The Morgan fingerprint density at radius 2 is 1.89 bits per heavy atom. The van der Waals surface area contributed by atoms with E-state index in [2.05, 4.69) is 4.98 Å². The molecule has 2 aromatic carbocycles. The average Bonchev–Trinajstić information content (AvgIpc) is 2.76. The maximum absolute atomic E-state index is 11.1. The van der Waals surface area contributed by atoms with Gasteiger partial charge in [-0.1, -0.05) is 29.8 Å². The molecule has 0 saturated heterocycles. The molecule has 1 N–H and O–H groups in total. The highest BCUT2D eigenvalue weighted by Gasteiger charge is 2.13. The Bertz CT molecular complexity index is 791. The van der Waals surface area contributed by atoms with Crippen molar-refractivity contribution in [2.45, 2.75) is 5.38 Å². The fourth-order valence-electron chi connectivity index (χ4n) is 1.98. The monoisotopic (exact) mass is 293 g/mol. The topological polar surface area (TPSA) is 46.0 Å². The highest BCUT2D eigenvalue weighted by molar-refractivity contribution is 6.30. The van der Waals surface area contributed by atoms with Gasteiger partial charge in [0.1, 0.15) is 0 Å². The Hall–Kier alpha value is -1.71. The standard InChI is InChI=1S/C14H9Cl2NO2/c15-10-3-1-2-8(6-10)13(16)9-4-5-11-12(7-9)19-14(18)17-11/h1-7,13H,(H,17,18). The van der Waals surface area contributed by atoms with E-state index in [1.54, 1.807) is 18.2 Å². The van der Waals surface area contributed by atoms with E-state index in [1.807, 2.05) is 24.3 Å². The van der Waals surface area contributed by atoms with Crippen LogP contribution in [0.4, 0.5) is 0 Å². The number of nitrogens with one attached hydrogen (secondary N) is 1. The first-order valence-electron chi connectivity index (χ1n) is 5.66. The van der Waals surface area contributed by atoms with E-state index in [9.17, 15) is 4.79 Å². The van der Waals surface area contributed by atoms with Gasteiger partial charge >= 0.3 is 5.76 Å². The van der Waals surface area contributed by atoms with E-state index >= 15 is 0 Å². The minimum absolute atomic E-state index is 0.344. The number of hydrogen-bond donors (Lipinski definition) is 1. The molecule has 1 atom stereocenters. The molecular weight excluding hydrogens is 285 g/mol. The van der Waals surface area contributed by atoms with E-state index in [4.69, 9.17) is 27.6 Å². The molecule has 3 rings (SSSR count). The third-order valence-electron chi connectivity index (χ3n) is 2.88. The van der Waals surface area contributed by atoms with Crippen molar-refractivity contribution in [2.75, 3.05) is 0 Å². The largest absolute Gasteiger partial charge is 0.417 e. The molecule has 1 heterocycles. The number of fused-ring (bicyclic) bond motifs is 1. The number of halogens is 2. The van der Waals surface area contributed by atoms with Gasteiger partial charge in [0.25, 0.3) is 0 Å². The summed E-state index contributed by atoms with van der Waals surface area (Å²) < 4.78 is 5.02. The Kier molecular flexibility index (Phi) is 3.09. The van der Waals surface area contributed by atoms with Crippen LogP contribution in [0.15, 0.2) is 51.7 Å². The van der Waals surface area contributed by atoms with E-state index in [1.165, 1.54) is 0 Å². The lowest BCUT2D eigenvalue weighted by atomic mass is 10.0. The summed E-state index contributed by atoms with van der Waals surface area (Å²) in [6.07, 6.45) is 0. The minimum Gasteiger partial charge on any atom is -0.408 e. The van der Waals surface area contributed by atoms with Crippen molar-refractivity contribution in [3.05, 3.63) is 69.2 Å². The van der Waals surface area contributed by atoms with Crippen LogP contribution < -0.4 is 5.76 Å². The van der Waals surface area contributed by atoms with Gasteiger partial charge in [-0.05, 0) is 35.4 Å². The molecule has 1 unspecified atom stereocenters. The molecule has 0 bridgehead atoms. The zero-order valence-corrected chi connectivity index (χ0v) is 11.2. The van der Waals surface area contributed by atoms with Crippen LogP contribution in [0.3, 0.4) is 0 Å². The molecule has 0 aliphatic rings. The number of aromatic amines is 1. The van der Waals surface area contributed by atoms with Crippen molar-refractivity contribution >= 4 is 34.3 Å². The first-order valence-corrected chi connectivity index (χ1v) is 6.47. The van der Waals surface area contributed by atoms with Crippen molar-refractivity contribution in [2.24, 2.45) is 0 Å². The van der Waals surface area contributed by atoms with Crippen LogP contribution in [0.1, 0.15) is 16.5 Å². The molecule has 3 aromatic rings. The van der Waals surface area contributed by atoms with Crippen molar-refractivity contribution in [1.29, 1.82) is 0 Å². The Balaban J connectivity index is 2.05. The SMILES string of the molecule is O=c1[nH]c2ccc(C(Cl)c3cccc(Cl)c3)cc2o1. The zero-order valence-electron chi connectivity index (χ0n) is 9.69. The summed E-state index contributed by atoms with van der Waals surface area (Å²) in [6.45, 7) is 0. The van der Waals surface area contributed by atoms with Crippen molar-refractivity contribution < 1.29 is 4.42 Å². The second kappa shape index (κ2) is 4.76. The summed E-state index contributed by atoms with van der Waals surface area (Å²) in [5.74, 6) is -0.471. The Labute approximate surface area is 118 Å². The van der Waals surface area contributed by atoms with Crippen molar-refractivity contribution in [3.8, 4) is 0 Å². The van der Waals surface area contributed by atoms with E-state index in [-0.39, 0.29) is 5.38 Å². The van der Waals surface area contributed by atoms with Crippen LogP contribution in [0.2, 0.25) is 5.02 Å². The normalized spacial score (nSPS) is 12.7. The highest BCUT2D eigenvalue weighted by Crippen LogP contribution is 2.31. The maximum Gasteiger partial charge on any atom is 0.417 e. The minimum atomic E-state index is -0.471. The maximum atomic E-state index is 11.1. The molecular formula is C14H9Cl2NO2. The average molecular weight is 294 g/mol. The van der Waals surface area contributed by atoms with Crippen molar-refractivity contribution in [3.63, 3.8) is 0 Å². The van der Waals surface area contributed by atoms with Crippen LogP contribution in [-0.4, -0.2) is 4.98 Å². The van der Waals surface area contributed by atoms with Gasteiger partial charge in [-0.25, -0.2) is 4.79 Å². The molecule has 0 fully saturated rings. The molecule has 0 aliphatic heterocycles. The summed E-state index contributed by atoms with van der Waals surface area (Å²) >= 11 is 12.4. The number of benzene rings is 2. The summed E-state index contributed by atoms with van der Waals surface area (Å²) in [4.78, 5) is 13.7. The summed E-state index contributed by atoms with van der Waals surface area (Å²) in [7, 11) is 0. The fraction of sp³-hybridized carbons (Fsp3) is 0.0714. The molecule has 3 nitrogen and oxygen atoms in total. The third-order valence-corrected chi connectivity index (χ3v) is 3.62. The van der Waals surface area contributed by atoms with E-state index in [0.29, 0.717) is 16.1 Å². The number of alkyl halides is 1. The molecule has 0 radical (unpaired) electrons. The van der Waals surface area contributed by atoms with Gasteiger partial charge in [-0.2, -0.15) is 0 Å². The molecule has 0 saturated carbocycles. The van der Waals surface area contributed by atoms with Gasteiger partial charge in [0, 0.05) is 5.02 Å². The Morgan fingerprint density at radius 3 is 2.68 bits per heavy atom. The summed E-state index contributed by atoms with van der Waals surface area (Å²) in [5, 5.41) is 0.292. The van der Waals surface area contributed by atoms with Crippen LogP contribution in [0.5, 0.6) is 0 Å². The van der Waals surface area contributed by atoms with Gasteiger partial charge in [-0.3, -0.25) is 4.98 Å². The first kappa shape index (κ1) is 12.3. The molecule has 1 aromatic heterocycles. The first-order chi connectivity index (χ1) is 9.13. The predicted octanol–water partition coefficient (Wildman–Crippen LogP) is 4.10. The van der Waals surface area contributed by atoms with Gasteiger partial charge in [0.05, 0.1) is 10.9 Å². The quantitative estimate of drug-likeness (QED) is 0.723. The molecule has 0 spiro atoms. The van der Waals surface area contributed by atoms with E-state index < -0.39 is 5.76 Å². The van der Waals surface area contributed by atoms with Gasteiger partial charge in [0.2, 0.25) is 0 Å². The van der Waals surface area contributed by atoms with Crippen LogP contribution in [-0.2, 0) is 0 Å². The van der Waals surface area contributed by atoms with Gasteiger partial charge < -0.3 is 4.42 Å². The fourth-order valence-corrected chi connectivity index (χ4v) is 2.45. The van der Waals surface area contributed by atoms with Gasteiger partial charge in [0.15, 0.2) is 5.58 Å². The summed E-state index contributed by atoms with van der Waals surface area (Å²) in [5.41, 5.74) is 2.89. The van der Waals surface area contributed by atoms with Gasteiger partial charge in [-0.15, -0.1) is 11.6 Å². The number of aromatic nitrogens is 1. The second-order valence-corrected chi connectivity index (χ2v) is 5.06. The van der Waals surface area contributed by atoms with Crippen LogP contribution >= 0.6 is 23.2 Å². The molecule has 0 aliphatic carbocycles. The number of hydrogen-bond acceptors (Lipinski definition) is 2. The predicted molar refractivity (Wildman–Crippen MR) is 76.0 cm³/mol. The number of rotatable bonds is 2. The van der Waals surface area contributed by atoms with E-state index in [0.717, 1.165) is 11.1 Å². The zero-order chi connectivity index (χ0) is 13.4. The molecule has 96 valence electrons. The molecule has 0 amide bonds. The number of H-pyrrole nitrogens is 1. The lowest BCUT2D eigenvalue weighted by Crippen LogP contribution is -1.93. The number of oxazole rings is 1. The summed E-state index contributed by atoms with van der Waals surface area (Å²) in [6, 6.07) is 12.7. The molecule has 5 heteroatoms. The lowest BCUT2D eigenvalue weighted by Gasteiger charge is -2.10. The highest BCUT2D eigenvalue weighted by atomic mass is 35.5. The van der Waals surface area contributed by atoms with Crippen molar-refractivity contribution in [1.82, 2.24) is 4.98 Å². The lowest BCUT2D eigenvalue weighted by molar-refractivity contribution is 0.555.